The van der Waals surface area contributed by atoms with Gasteiger partial charge in [-0.15, -0.1) is 0 Å². The predicted octanol–water partition coefficient (Wildman–Crippen LogP) is 4.44. The smallest absolute Gasteiger partial charge is 0.139 e. The van der Waals surface area contributed by atoms with Crippen molar-refractivity contribution in [3.05, 3.63) is 47.8 Å². The van der Waals surface area contributed by atoms with Gasteiger partial charge in [0.25, 0.3) is 0 Å². The fraction of sp³-hybridized carbons (Fsp3) is 0.545. The van der Waals surface area contributed by atoms with Crippen molar-refractivity contribution in [1.29, 1.82) is 0 Å². The Morgan fingerprint density at radius 2 is 1.85 bits per heavy atom. The molecule has 4 nitrogen and oxygen atoms in total. The molecule has 0 aliphatic carbocycles. The van der Waals surface area contributed by atoms with Crippen molar-refractivity contribution in [2.24, 2.45) is 5.92 Å². The van der Waals surface area contributed by atoms with Crippen molar-refractivity contribution in [2.75, 3.05) is 18.0 Å². The van der Waals surface area contributed by atoms with E-state index in [-0.39, 0.29) is 5.92 Å². The summed E-state index contributed by atoms with van der Waals surface area (Å²) in [5, 5.41) is 4.58. The number of benzene rings is 1. The van der Waals surface area contributed by atoms with Crippen molar-refractivity contribution in [3.63, 3.8) is 0 Å². The summed E-state index contributed by atoms with van der Waals surface area (Å²) in [7, 11) is 0. The number of carbonyl (C=O) groups is 1. The fourth-order valence-corrected chi connectivity index (χ4v) is 3.61. The Balaban J connectivity index is 1.55. The van der Waals surface area contributed by atoms with Gasteiger partial charge in [-0.3, -0.25) is 9.48 Å². The van der Waals surface area contributed by atoms with Crippen LogP contribution < -0.4 is 4.90 Å². The predicted molar refractivity (Wildman–Crippen MR) is 107 cm³/mol. The summed E-state index contributed by atoms with van der Waals surface area (Å²) in [6.07, 6.45) is 9.33. The number of aromatic nitrogens is 2. The Kier molecular flexibility index (Phi) is 6.12. The Morgan fingerprint density at radius 1 is 1.15 bits per heavy atom. The second-order valence-corrected chi connectivity index (χ2v) is 7.76. The van der Waals surface area contributed by atoms with Gasteiger partial charge in [0, 0.05) is 37.3 Å². The van der Waals surface area contributed by atoms with Gasteiger partial charge in [0.1, 0.15) is 5.78 Å². The van der Waals surface area contributed by atoms with E-state index in [1.807, 2.05) is 20.0 Å². The second-order valence-electron chi connectivity index (χ2n) is 7.76. The van der Waals surface area contributed by atoms with Crippen LogP contribution in [0.3, 0.4) is 0 Å². The quantitative estimate of drug-likeness (QED) is 0.738. The number of anilines is 1. The zero-order chi connectivity index (χ0) is 18.5. The zero-order valence-corrected chi connectivity index (χ0v) is 16.3. The third-order valence-corrected chi connectivity index (χ3v) is 5.36. The minimum absolute atomic E-state index is 0.105. The molecule has 3 rings (SSSR count). The normalized spacial score (nSPS) is 15.6. The van der Waals surface area contributed by atoms with E-state index in [9.17, 15) is 4.79 Å². The van der Waals surface area contributed by atoms with Crippen LogP contribution in [0.1, 0.15) is 57.2 Å². The lowest BCUT2D eigenvalue weighted by Gasteiger charge is -2.33. The molecule has 1 aliphatic heterocycles. The van der Waals surface area contributed by atoms with Crippen molar-refractivity contribution < 1.29 is 4.79 Å². The molecule has 0 unspecified atom stereocenters. The molecule has 4 heteroatoms. The van der Waals surface area contributed by atoms with Crippen LogP contribution in [-0.4, -0.2) is 28.7 Å². The molecule has 26 heavy (non-hydrogen) atoms. The van der Waals surface area contributed by atoms with Gasteiger partial charge in [0.2, 0.25) is 0 Å². The number of carbonyl (C=O) groups excluding carboxylic acids is 1. The standard InChI is InChI=1S/C22H31N3O/c1-4-5-19-15-23-25(16-19)21-10-12-24(13-11-21)20-8-6-18(7-9-20)14-22(26)17(2)3/h6-9,15-17,21H,4-5,10-14H2,1-3H3. The molecule has 0 atom stereocenters. The average molecular weight is 354 g/mol. The number of Topliss-reactive ketones (excluding diaryl/α,β-unsaturated/α-hetero) is 1. The van der Waals surface area contributed by atoms with E-state index < -0.39 is 0 Å². The first-order valence-corrected chi connectivity index (χ1v) is 9.96. The number of nitrogens with zero attached hydrogens (tertiary/aromatic N) is 3. The average Bonchev–Trinajstić information content (AvgIpc) is 3.11. The minimum Gasteiger partial charge on any atom is -0.371 e. The Labute approximate surface area is 157 Å². The molecule has 1 saturated heterocycles. The van der Waals surface area contributed by atoms with Crippen LogP contribution in [0.15, 0.2) is 36.7 Å². The fourth-order valence-electron chi connectivity index (χ4n) is 3.61. The number of hydrogen-bond donors (Lipinski definition) is 0. The van der Waals surface area contributed by atoms with Gasteiger partial charge in [-0.2, -0.15) is 5.10 Å². The summed E-state index contributed by atoms with van der Waals surface area (Å²) in [5.41, 5.74) is 3.72. The van der Waals surface area contributed by atoms with Crippen LogP contribution in [0.5, 0.6) is 0 Å². The van der Waals surface area contributed by atoms with Crippen LogP contribution >= 0.6 is 0 Å². The molecule has 1 fully saturated rings. The van der Waals surface area contributed by atoms with Crippen LogP contribution in [-0.2, 0) is 17.6 Å². The summed E-state index contributed by atoms with van der Waals surface area (Å²) in [6, 6.07) is 9.05. The lowest BCUT2D eigenvalue weighted by molar-refractivity contribution is -0.121. The topological polar surface area (TPSA) is 38.1 Å². The zero-order valence-electron chi connectivity index (χ0n) is 16.3. The first kappa shape index (κ1) is 18.7. The Morgan fingerprint density at radius 3 is 2.46 bits per heavy atom. The van der Waals surface area contributed by atoms with Gasteiger partial charge in [0.15, 0.2) is 0 Å². The number of piperidine rings is 1. The maximum atomic E-state index is 11.9. The van der Waals surface area contributed by atoms with E-state index in [0.717, 1.165) is 37.9 Å². The van der Waals surface area contributed by atoms with Crippen molar-refractivity contribution in [3.8, 4) is 0 Å². The molecule has 0 amide bonds. The molecule has 1 aliphatic rings. The molecule has 2 heterocycles. The van der Waals surface area contributed by atoms with Gasteiger partial charge >= 0.3 is 0 Å². The van der Waals surface area contributed by atoms with E-state index >= 15 is 0 Å². The third kappa shape index (κ3) is 4.54. The molecule has 0 radical (unpaired) electrons. The van der Waals surface area contributed by atoms with Gasteiger partial charge in [0.05, 0.1) is 12.2 Å². The Bertz CT molecular complexity index is 709. The monoisotopic (exact) mass is 353 g/mol. The third-order valence-electron chi connectivity index (χ3n) is 5.36. The first-order chi connectivity index (χ1) is 12.6. The molecule has 0 N–H and O–H groups in total. The van der Waals surface area contributed by atoms with Crippen LogP contribution in [0.4, 0.5) is 5.69 Å². The highest BCUT2D eigenvalue weighted by Gasteiger charge is 2.21. The van der Waals surface area contributed by atoms with Crippen LogP contribution in [0.25, 0.3) is 0 Å². The number of ketones is 1. The van der Waals surface area contributed by atoms with Crippen molar-refractivity contribution >= 4 is 11.5 Å². The maximum absolute atomic E-state index is 11.9. The molecular weight excluding hydrogens is 322 g/mol. The summed E-state index contributed by atoms with van der Waals surface area (Å²) in [5.74, 6) is 0.411. The lowest BCUT2D eigenvalue weighted by Crippen LogP contribution is -2.34. The second kappa shape index (κ2) is 8.52. The molecule has 2 aromatic rings. The first-order valence-electron chi connectivity index (χ1n) is 9.96. The van der Waals surface area contributed by atoms with Gasteiger partial charge in [-0.25, -0.2) is 0 Å². The molecule has 0 bridgehead atoms. The van der Waals surface area contributed by atoms with Crippen molar-refractivity contribution in [1.82, 2.24) is 9.78 Å². The summed E-state index contributed by atoms with van der Waals surface area (Å²) >= 11 is 0. The number of rotatable bonds is 7. The maximum Gasteiger partial charge on any atom is 0.139 e. The summed E-state index contributed by atoms with van der Waals surface area (Å²) < 4.78 is 2.17. The van der Waals surface area contributed by atoms with Crippen molar-refractivity contribution in [2.45, 2.75) is 58.9 Å². The van der Waals surface area contributed by atoms with E-state index in [2.05, 4.69) is 52.1 Å². The highest BCUT2D eigenvalue weighted by molar-refractivity contribution is 5.82. The summed E-state index contributed by atoms with van der Waals surface area (Å²) in [6.45, 7) is 8.24. The molecule has 0 saturated carbocycles. The largest absolute Gasteiger partial charge is 0.371 e. The summed E-state index contributed by atoms with van der Waals surface area (Å²) in [4.78, 5) is 14.3. The highest BCUT2D eigenvalue weighted by atomic mass is 16.1. The van der Waals surface area contributed by atoms with E-state index in [1.54, 1.807) is 0 Å². The number of aryl methyl sites for hydroxylation is 1. The number of hydrogen-bond acceptors (Lipinski definition) is 3. The van der Waals surface area contributed by atoms with E-state index in [1.165, 1.54) is 17.7 Å². The van der Waals surface area contributed by atoms with Crippen LogP contribution in [0.2, 0.25) is 0 Å². The lowest BCUT2D eigenvalue weighted by atomic mass is 10.00. The Hall–Kier alpha value is -2.10. The van der Waals surface area contributed by atoms with Crippen LogP contribution in [0, 0.1) is 5.92 Å². The molecular formula is C22H31N3O. The molecule has 140 valence electrons. The molecule has 0 spiro atoms. The molecule has 1 aromatic heterocycles. The van der Waals surface area contributed by atoms with Gasteiger partial charge in [-0.05, 0) is 42.5 Å². The van der Waals surface area contributed by atoms with Gasteiger partial charge in [-0.1, -0.05) is 39.3 Å². The highest BCUT2D eigenvalue weighted by Crippen LogP contribution is 2.26. The van der Waals surface area contributed by atoms with Gasteiger partial charge < -0.3 is 4.90 Å². The van der Waals surface area contributed by atoms with E-state index in [4.69, 9.17) is 0 Å². The van der Waals surface area contributed by atoms with E-state index in [0.29, 0.717) is 18.2 Å². The SMILES string of the molecule is CCCc1cnn(C2CCN(c3ccc(CC(=O)C(C)C)cc3)CC2)c1. The minimum atomic E-state index is 0.105. The molecule has 1 aromatic carbocycles.